The van der Waals surface area contributed by atoms with Gasteiger partial charge in [0.15, 0.2) is 5.96 Å². The van der Waals surface area contributed by atoms with Crippen LogP contribution in [0.25, 0.3) is 0 Å². The Kier molecular flexibility index (Phi) is 6.47. The summed E-state index contributed by atoms with van der Waals surface area (Å²) < 4.78 is 5.29. The number of nitrogens with one attached hydrogen (secondary N) is 2. The zero-order chi connectivity index (χ0) is 16.7. The maximum atomic E-state index is 5.29. The molecule has 1 aromatic heterocycles. The van der Waals surface area contributed by atoms with E-state index in [2.05, 4.69) is 58.4 Å². The molecule has 0 aliphatic rings. The molecule has 0 radical (unpaired) electrons. The minimum absolute atomic E-state index is 0.461. The average molecular weight is 331 g/mol. The van der Waals surface area contributed by atoms with Gasteiger partial charge in [0.25, 0.3) is 0 Å². The predicted molar refractivity (Wildman–Crippen MR) is 98.7 cm³/mol. The lowest BCUT2D eigenvalue weighted by atomic mass is 10.1. The van der Waals surface area contributed by atoms with Gasteiger partial charge in [0, 0.05) is 20.1 Å². The Morgan fingerprint density at radius 3 is 2.74 bits per heavy atom. The number of thiophene rings is 1. The van der Waals surface area contributed by atoms with E-state index in [4.69, 9.17) is 4.74 Å². The summed E-state index contributed by atoms with van der Waals surface area (Å²) in [6, 6.07) is 8.38. The fraction of sp³-hybridized carbons (Fsp3) is 0.389. The van der Waals surface area contributed by atoms with Gasteiger partial charge in [-0.1, -0.05) is 19.1 Å². The molecule has 1 aromatic carbocycles. The van der Waals surface area contributed by atoms with Crippen molar-refractivity contribution in [2.75, 3.05) is 20.7 Å². The monoisotopic (exact) mass is 331 g/mol. The van der Waals surface area contributed by atoms with Crippen molar-refractivity contribution in [2.45, 2.75) is 26.3 Å². The van der Waals surface area contributed by atoms with Crippen LogP contribution in [0.1, 0.15) is 29.5 Å². The lowest BCUT2D eigenvalue weighted by Gasteiger charge is -2.16. The van der Waals surface area contributed by atoms with Gasteiger partial charge >= 0.3 is 0 Å². The average Bonchev–Trinajstić information content (AvgIpc) is 3.09. The van der Waals surface area contributed by atoms with Crippen LogP contribution in [0.15, 0.2) is 40.0 Å². The first-order valence-electron chi connectivity index (χ1n) is 7.74. The number of ether oxygens (including phenoxy) is 1. The Balaban J connectivity index is 1.84. The molecule has 1 heterocycles. The molecule has 0 saturated heterocycles. The third-order valence-corrected chi connectivity index (χ3v) is 4.53. The first-order valence-corrected chi connectivity index (χ1v) is 8.68. The number of methoxy groups -OCH3 is 1. The van der Waals surface area contributed by atoms with Crippen LogP contribution in [0.3, 0.4) is 0 Å². The normalized spacial score (nSPS) is 12.8. The number of hydrogen-bond acceptors (Lipinski definition) is 3. The van der Waals surface area contributed by atoms with Crippen LogP contribution < -0.4 is 15.4 Å². The standard InChI is InChI=1S/C18H25N3OS/c1-13-9-15(5-6-17(13)22-4)11-21-18(19-3)20-10-14(2)16-7-8-23-12-16/h5-9,12,14H,10-11H2,1-4H3,(H2,19,20,21). The highest BCUT2D eigenvalue weighted by molar-refractivity contribution is 7.07. The van der Waals surface area contributed by atoms with Gasteiger partial charge in [-0.15, -0.1) is 0 Å². The summed E-state index contributed by atoms with van der Waals surface area (Å²) in [4.78, 5) is 4.28. The first-order chi connectivity index (χ1) is 11.1. The van der Waals surface area contributed by atoms with Crippen molar-refractivity contribution >= 4 is 17.3 Å². The van der Waals surface area contributed by atoms with Crippen LogP contribution in [0, 0.1) is 6.92 Å². The van der Waals surface area contributed by atoms with Crippen molar-refractivity contribution in [3.8, 4) is 5.75 Å². The number of aryl methyl sites for hydroxylation is 1. The molecule has 1 atom stereocenters. The fourth-order valence-electron chi connectivity index (χ4n) is 2.38. The molecular weight excluding hydrogens is 306 g/mol. The summed E-state index contributed by atoms with van der Waals surface area (Å²) in [5, 5.41) is 11.0. The quantitative estimate of drug-likeness (QED) is 0.629. The number of nitrogens with zero attached hydrogens (tertiary/aromatic N) is 1. The number of rotatable bonds is 6. The van der Waals surface area contributed by atoms with Gasteiger partial charge in [0.1, 0.15) is 5.75 Å². The minimum atomic E-state index is 0.461. The summed E-state index contributed by atoms with van der Waals surface area (Å²) in [7, 11) is 3.49. The van der Waals surface area contributed by atoms with Gasteiger partial charge in [0.2, 0.25) is 0 Å². The summed E-state index contributed by atoms with van der Waals surface area (Å²) in [6.45, 7) is 5.86. The topological polar surface area (TPSA) is 45.7 Å². The summed E-state index contributed by atoms with van der Waals surface area (Å²) in [6.07, 6.45) is 0. The highest BCUT2D eigenvalue weighted by atomic mass is 32.1. The Bertz CT molecular complexity index is 638. The summed E-state index contributed by atoms with van der Waals surface area (Å²) in [5.41, 5.74) is 3.71. The van der Waals surface area contributed by atoms with Crippen LogP contribution in [0.2, 0.25) is 0 Å². The van der Waals surface area contributed by atoms with E-state index in [1.54, 1.807) is 25.5 Å². The second kappa shape index (κ2) is 8.58. The van der Waals surface area contributed by atoms with E-state index in [0.29, 0.717) is 5.92 Å². The minimum Gasteiger partial charge on any atom is -0.496 e. The van der Waals surface area contributed by atoms with E-state index in [-0.39, 0.29) is 0 Å². The maximum absolute atomic E-state index is 5.29. The lowest BCUT2D eigenvalue weighted by Crippen LogP contribution is -2.38. The highest BCUT2D eigenvalue weighted by Gasteiger charge is 2.07. The molecule has 2 rings (SSSR count). The Morgan fingerprint density at radius 1 is 1.30 bits per heavy atom. The van der Waals surface area contributed by atoms with Crippen molar-refractivity contribution in [3.63, 3.8) is 0 Å². The molecule has 0 saturated carbocycles. The number of benzene rings is 1. The molecule has 2 aromatic rings. The predicted octanol–water partition coefficient (Wildman–Crippen LogP) is 3.53. The van der Waals surface area contributed by atoms with Crippen molar-refractivity contribution in [2.24, 2.45) is 4.99 Å². The fourth-order valence-corrected chi connectivity index (χ4v) is 3.16. The Morgan fingerprint density at radius 2 is 2.13 bits per heavy atom. The number of aliphatic imine (C=N–C) groups is 1. The van der Waals surface area contributed by atoms with E-state index >= 15 is 0 Å². The van der Waals surface area contributed by atoms with Crippen LogP contribution in [0.4, 0.5) is 0 Å². The van der Waals surface area contributed by atoms with Crippen LogP contribution >= 0.6 is 11.3 Å². The molecule has 0 spiro atoms. The largest absolute Gasteiger partial charge is 0.496 e. The van der Waals surface area contributed by atoms with E-state index < -0.39 is 0 Å². The highest BCUT2D eigenvalue weighted by Crippen LogP contribution is 2.18. The second-order valence-corrected chi connectivity index (χ2v) is 6.35. The van der Waals surface area contributed by atoms with Crippen molar-refractivity contribution in [3.05, 3.63) is 51.7 Å². The molecule has 5 heteroatoms. The van der Waals surface area contributed by atoms with Crippen molar-refractivity contribution in [1.82, 2.24) is 10.6 Å². The van der Waals surface area contributed by atoms with E-state index in [1.165, 1.54) is 11.1 Å². The van der Waals surface area contributed by atoms with Crippen LogP contribution in [0.5, 0.6) is 5.75 Å². The molecule has 2 N–H and O–H groups in total. The molecule has 1 unspecified atom stereocenters. The molecule has 124 valence electrons. The molecule has 0 bridgehead atoms. The molecule has 23 heavy (non-hydrogen) atoms. The van der Waals surface area contributed by atoms with Gasteiger partial charge in [-0.05, 0) is 52.4 Å². The summed E-state index contributed by atoms with van der Waals surface area (Å²) in [5.74, 6) is 2.20. The maximum Gasteiger partial charge on any atom is 0.191 e. The lowest BCUT2D eigenvalue weighted by molar-refractivity contribution is 0.411. The van der Waals surface area contributed by atoms with Crippen molar-refractivity contribution < 1.29 is 4.74 Å². The summed E-state index contributed by atoms with van der Waals surface area (Å²) >= 11 is 1.74. The van der Waals surface area contributed by atoms with Gasteiger partial charge in [0.05, 0.1) is 7.11 Å². The van der Waals surface area contributed by atoms with Crippen molar-refractivity contribution in [1.29, 1.82) is 0 Å². The van der Waals surface area contributed by atoms with Gasteiger partial charge < -0.3 is 15.4 Å². The van der Waals surface area contributed by atoms with Crippen LogP contribution in [-0.4, -0.2) is 26.7 Å². The van der Waals surface area contributed by atoms with E-state index in [9.17, 15) is 0 Å². The second-order valence-electron chi connectivity index (χ2n) is 5.57. The van der Waals surface area contributed by atoms with E-state index in [0.717, 1.165) is 30.4 Å². The zero-order valence-corrected chi connectivity index (χ0v) is 15.0. The van der Waals surface area contributed by atoms with Gasteiger partial charge in [-0.25, -0.2) is 0 Å². The smallest absolute Gasteiger partial charge is 0.191 e. The number of guanidine groups is 1. The molecule has 0 fully saturated rings. The molecule has 0 amide bonds. The Hall–Kier alpha value is -2.01. The third kappa shape index (κ3) is 4.99. The SMILES string of the molecule is CN=C(NCc1ccc(OC)c(C)c1)NCC(C)c1ccsc1. The Labute approximate surface area is 142 Å². The molecular formula is C18H25N3OS. The number of hydrogen-bond donors (Lipinski definition) is 2. The van der Waals surface area contributed by atoms with E-state index in [1.807, 2.05) is 6.07 Å². The molecule has 0 aliphatic carbocycles. The van der Waals surface area contributed by atoms with Crippen LogP contribution in [-0.2, 0) is 6.54 Å². The zero-order valence-electron chi connectivity index (χ0n) is 14.2. The molecule has 0 aliphatic heterocycles. The third-order valence-electron chi connectivity index (χ3n) is 3.83. The molecule has 4 nitrogen and oxygen atoms in total. The van der Waals surface area contributed by atoms with Gasteiger partial charge in [-0.3, -0.25) is 4.99 Å². The first kappa shape index (κ1) is 17.3. The van der Waals surface area contributed by atoms with Gasteiger partial charge in [-0.2, -0.15) is 11.3 Å².